The second-order valence-corrected chi connectivity index (χ2v) is 10.2. The van der Waals surface area contributed by atoms with Gasteiger partial charge in [0.2, 0.25) is 0 Å². The fourth-order valence-electron chi connectivity index (χ4n) is 5.45. The van der Waals surface area contributed by atoms with Crippen LogP contribution >= 0.6 is 0 Å². The summed E-state index contributed by atoms with van der Waals surface area (Å²) in [5.41, 5.74) is 6.83. The van der Waals surface area contributed by atoms with Gasteiger partial charge in [-0.3, -0.25) is 10.1 Å². The average molecular weight is 534 g/mol. The van der Waals surface area contributed by atoms with Gasteiger partial charge in [-0.2, -0.15) is 5.10 Å². The predicted octanol–water partition coefficient (Wildman–Crippen LogP) is 6.34. The second-order valence-electron chi connectivity index (χ2n) is 10.2. The SMILES string of the molecule is C=C/C(=C\C(=C/C)C(=C)/C=c1/c(-c2cc3c(-c4ccccc4F)cncc3[nH]2)n[nH]/c1=C/C)CC1CCNCC1. The molecular formula is C34H36FN5. The maximum absolute atomic E-state index is 14.7. The normalized spacial score (nSPS) is 16.2. The van der Waals surface area contributed by atoms with Gasteiger partial charge in [0.05, 0.1) is 22.8 Å². The molecule has 1 saturated heterocycles. The van der Waals surface area contributed by atoms with Crippen LogP contribution in [0.2, 0.25) is 0 Å². The van der Waals surface area contributed by atoms with E-state index in [-0.39, 0.29) is 5.82 Å². The Labute approximate surface area is 234 Å². The van der Waals surface area contributed by atoms with E-state index in [0.29, 0.717) is 11.5 Å². The molecule has 40 heavy (non-hydrogen) atoms. The lowest BCUT2D eigenvalue weighted by Crippen LogP contribution is -2.27. The first kappa shape index (κ1) is 27.3. The van der Waals surface area contributed by atoms with Crippen molar-refractivity contribution >= 4 is 23.1 Å². The van der Waals surface area contributed by atoms with Gasteiger partial charge < -0.3 is 10.3 Å². The first-order valence-electron chi connectivity index (χ1n) is 13.9. The Balaban J connectivity index is 1.53. The summed E-state index contributed by atoms with van der Waals surface area (Å²) in [5, 5.41) is 14.0. The van der Waals surface area contributed by atoms with Crippen molar-refractivity contribution in [2.24, 2.45) is 5.92 Å². The van der Waals surface area contributed by atoms with Crippen LogP contribution < -0.4 is 15.9 Å². The van der Waals surface area contributed by atoms with Crippen LogP contribution in [0.25, 0.3) is 45.6 Å². The number of hydrogen-bond donors (Lipinski definition) is 3. The minimum atomic E-state index is -0.279. The Morgan fingerprint density at radius 3 is 2.65 bits per heavy atom. The van der Waals surface area contributed by atoms with Crippen molar-refractivity contribution in [2.45, 2.75) is 33.1 Å². The number of piperidine rings is 1. The van der Waals surface area contributed by atoms with Crippen LogP contribution in [0, 0.1) is 11.7 Å². The fourth-order valence-corrected chi connectivity index (χ4v) is 5.45. The monoisotopic (exact) mass is 533 g/mol. The van der Waals surface area contributed by atoms with Crippen LogP contribution in [-0.2, 0) is 0 Å². The Bertz CT molecular complexity index is 1730. The molecule has 0 amide bonds. The highest BCUT2D eigenvalue weighted by atomic mass is 19.1. The van der Waals surface area contributed by atoms with Gasteiger partial charge in [-0.25, -0.2) is 4.39 Å². The molecule has 0 spiro atoms. The molecule has 5 rings (SSSR count). The number of benzene rings is 1. The molecule has 5 nitrogen and oxygen atoms in total. The summed E-state index contributed by atoms with van der Waals surface area (Å²) < 4.78 is 14.7. The largest absolute Gasteiger partial charge is 0.352 e. The predicted molar refractivity (Wildman–Crippen MR) is 164 cm³/mol. The third-order valence-electron chi connectivity index (χ3n) is 7.67. The lowest BCUT2D eigenvalue weighted by molar-refractivity contribution is 0.374. The summed E-state index contributed by atoms with van der Waals surface area (Å²) >= 11 is 0. The van der Waals surface area contributed by atoms with E-state index in [1.54, 1.807) is 24.5 Å². The number of halogens is 1. The van der Waals surface area contributed by atoms with Gasteiger partial charge in [-0.15, -0.1) is 0 Å². The van der Waals surface area contributed by atoms with Crippen molar-refractivity contribution in [3.8, 4) is 22.5 Å². The Morgan fingerprint density at radius 2 is 1.93 bits per heavy atom. The van der Waals surface area contributed by atoms with Crippen molar-refractivity contribution in [1.82, 2.24) is 25.5 Å². The van der Waals surface area contributed by atoms with Gasteiger partial charge in [-0.1, -0.05) is 55.7 Å². The van der Waals surface area contributed by atoms with Crippen LogP contribution in [0.4, 0.5) is 4.39 Å². The number of allylic oxidation sites excluding steroid dienone is 6. The minimum Gasteiger partial charge on any atom is -0.352 e. The molecule has 3 N–H and O–H groups in total. The van der Waals surface area contributed by atoms with Crippen molar-refractivity contribution in [2.75, 3.05) is 13.1 Å². The average Bonchev–Trinajstić information content (AvgIpc) is 3.59. The molecule has 0 unspecified atom stereocenters. The molecule has 3 aromatic heterocycles. The van der Waals surface area contributed by atoms with E-state index in [2.05, 4.69) is 56.9 Å². The summed E-state index contributed by atoms with van der Waals surface area (Å²) in [4.78, 5) is 7.81. The van der Waals surface area contributed by atoms with E-state index in [0.717, 1.165) is 69.1 Å². The Hall–Kier alpha value is -4.29. The summed E-state index contributed by atoms with van der Waals surface area (Å²) in [6.45, 7) is 14.7. The van der Waals surface area contributed by atoms with E-state index in [9.17, 15) is 4.39 Å². The molecule has 1 aromatic carbocycles. The molecule has 0 saturated carbocycles. The molecule has 1 aliphatic heterocycles. The molecular weight excluding hydrogens is 497 g/mol. The third-order valence-corrected chi connectivity index (χ3v) is 7.67. The van der Waals surface area contributed by atoms with Crippen LogP contribution in [0.15, 0.2) is 90.8 Å². The number of hydrogen-bond acceptors (Lipinski definition) is 3. The zero-order valence-electron chi connectivity index (χ0n) is 23.2. The molecule has 0 bridgehead atoms. The van der Waals surface area contributed by atoms with Crippen LogP contribution in [0.5, 0.6) is 0 Å². The summed E-state index contributed by atoms with van der Waals surface area (Å²) in [7, 11) is 0. The molecule has 4 heterocycles. The van der Waals surface area contributed by atoms with Gasteiger partial charge in [0.1, 0.15) is 11.5 Å². The Kier molecular flexibility index (Phi) is 8.37. The summed E-state index contributed by atoms with van der Waals surface area (Å²) in [6.07, 6.45) is 17.2. The van der Waals surface area contributed by atoms with Crippen LogP contribution in [-0.4, -0.2) is 33.3 Å². The third kappa shape index (κ3) is 5.68. The smallest absolute Gasteiger partial charge is 0.131 e. The molecule has 0 atom stereocenters. The van der Waals surface area contributed by atoms with Gasteiger partial charge >= 0.3 is 0 Å². The maximum atomic E-state index is 14.7. The molecule has 0 aliphatic carbocycles. The zero-order valence-corrected chi connectivity index (χ0v) is 23.2. The number of H-pyrrole nitrogens is 2. The number of pyridine rings is 1. The maximum Gasteiger partial charge on any atom is 0.131 e. The number of aromatic amines is 2. The molecule has 6 heteroatoms. The van der Waals surface area contributed by atoms with E-state index in [1.807, 2.05) is 38.1 Å². The van der Waals surface area contributed by atoms with E-state index < -0.39 is 0 Å². The number of nitrogens with zero attached hydrogens (tertiary/aromatic N) is 2. The quantitative estimate of drug-likeness (QED) is 0.231. The van der Waals surface area contributed by atoms with Crippen molar-refractivity contribution in [3.63, 3.8) is 0 Å². The molecule has 0 radical (unpaired) electrons. The van der Waals surface area contributed by atoms with E-state index >= 15 is 0 Å². The topological polar surface area (TPSA) is 69.4 Å². The highest BCUT2D eigenvalue weighted by Crippen LogP contribution is 2.32. The molecule has 4 aromatic rings. The summed E-state index contributed by atoms with van der Waals surface area (Å²) in [5.74, 6) is 0.395. The molecule has 204 valence electrons. The fraction of sp³-hybridized carbons (Fsp3) is 0.235. The molecule has 1 aliphatic rings. The van der Waals surface area contributed by atoms with Crippen LogP contribution in [0.3, 0.4) is 0 Å². The van der Waals surface area contributed by atoms with Gasteiger partial charge in [-0.05, 0) is 87.0 Å². The van der Waals surface area contributed by atoms with Gasteiger partial charge in [0.15, 0.2) is 0 Å². The van der Waals surface area contributed by atoms with E-state index in [4.69, 9.17) is 0 Å². The van der Waals surface area contributed by atoms with Gasteiger partial charge in [0, 0.05) is 27.9 Å². The summed E-state index contributed by atoms with van der Waals surface area (Å²) in [6, 6.07) is 8.78. The lowest BCUT2D eigenvalue weighted by atomic mass is 9.89. The number of aromatic nitrogens is 4. The van der Waals surface area contributed by atoms with Crippen molar-refractivity contribution in [1.29, 1.82) is 0 Å². The number of rotatable bonds is 8. The van der Waals surface area contributed by atoms with Crippen molar-refractivity contribution in [3.05, 3.63) is 107 Å². The standard InChI is InChI=1S/C34H36FN5/c1-5-23(17-24-12-14-36-15-13-24)18-25(6-2)22(4)16-28-31(7-3)39-40-34(28)32-19-27-29(20-37-21-33(27)38-32)26-10-8-9-11-30(26)35/h5-11,16,18-21,24,36,38-39H,1,4,12-15,17H2,2-3H3/b23-18+,25-6+,28-16+,31-7+. The highest BCUT2D eigenvalue weighted by Gasteiger charge is 2.16. The highest BCUT2D eigenvalue weighted by molar-refractivity contribution is 5.97. The first-order valence-corrected chi connectivity index (χ1v) is 13.9. The molecule has 1 fully saturated rings. The number of fused-ring (bicyclic) bond motifs is 1. The second kappa shape index (κ2) is 12.3. The lowest BCUT2D eigenvalue weighted by Gasteiger charge is -2.23. The van der Waals surface area contributed by atoms with E-state index in [1.165, 1.54) is 24.5 Å². The zero-order chi connectivity index (χ0) is 28.1. The van der Waals surface area contributed by atoms with Gasteiger partial charge in [0.25, 0.3) is 0 Å². The number of nitrogens with one attached hydrogen (secondary N) is 3. The Morgan fingerprint density at radius 1 is 1.12 bits per heavy atom. The minimum absolute atomic E-state index is 0.279. The van der Waals surface area contributed by atoms with Crippen molar-refractivity contribution < 1.29 is 4.39 Å². The first-order chi connectivity index (χ1) is 19.5. The van der Waals surface area contributed by atoms with Crippen LogP contribution in [0.1, 0.15) is 33.1 Å².